The van der Waals surface area contributed by atoms with Gasteiger partial charge in [-0.15, -0.1) is 0 Å². The maximum Gasteiger partial charge on any atom is 0.281 e. The lowest BCUT2D eigenvalue weighted by Crippen LogP contribution is -2.37. The van der Waals surface area contributed by atoms with Crippen molar-refractivity contribution in [1.29, 1.82) is 0 Å². The number of anilines is 2. The summed E-state index contributed by atoms with van der Waals surface area (Å²) in [7, 11) is -4.22. The van der Waals surface area contributed by atoms with E-state index in [2.05, 4.69) is 19.6 Å². The first-order valence-electron chi connectivity index (χ1n) is 11.9. The van der Waals surface area contributed by atoms with Crippen LogP contribution in [-0.4, -0.2) is 48.0 Å². The molecule has 3 aromatic heterocycles. The normalized spacial score (nSPS) is 19.0. The molecule has 10 nitrogen and oxygen atoms in total. The Hall–Kier alpha value is -3.73. The maximum absolute atomic E-state index is 13.3. The fraction of sp³-hybridized carbons (Fsp3) is 0.360. The molecule has 36 heavy (non-hydrogen) atoms. The molecule has 2 bridgehead atoms. The molecule has 3 N–H and O–H groups in total. The van der Waals surface area contributed by atoms with Gasteiger partial charge < -0.3 is 15.4 Å². The van der Waals surface area contributed by atoms with Crippen molar-refractivity contribution in [1.82, 2.24) is 19.7 Å². The van der Waals surface area contributed by atoms with E-state index in [-0.39, 0.29) is 28.6 Å². The maximum atomic E-state index is 13.3. The Bertz CT molecular complexity index is 1390. The molecule has 2 fully saturated rings. The molecule has 1 amide bonds. The van der Waals surface area contributed by atoms with Gasteiger partial charge in [0.15, 0.2) is 5.03 Å². The van der Waals surface area contributed by atoms with E-state index in [0.717, 1.165) is 31.4 Å². The highest BCUT2D eigenvalue weighted by Gasteiger charge is 2.40. The molecule has 0 spiro atoms. The van der Waals surface area contributed by atoms with Gasteiger partial charge in [-0.1, -0.05) is 6.07 Å². The number of carbonyl (C=O) groups excluding carboxylic acids is 1. The molecule has 0 aromatic carbocycles. The van der Waals surface area contributed by atoms with E-state index in [1.807, 2.05) is 19.9 Å². The molecule has 11 heteroatoms. The summed E-state index contributed by atoms with van der Waals surface area (Å²) < 4.78 is 33.4. The van der Waals surface area contributed by atoms with Gasteiger partial charge in [-0.05, 0) is 69.4 Å². The van der Waals surface area contributed by atoms with Gasteiger partial charge in [0.1, 0.15) is 11.6 Å². The van der Waals surface area contributed by atoms with Crippen molar-refractivity contribution >= 4 is 27.6 Å². The number of piperidine rings is 1. The molecule has 3 aromatic rings. The Morgan fingerprint density at radius 1 is 1.14 bits per heavy atom. The molecule has 188 valence electrons. The van der Waals surface area contributed by atoms with E-state index >= 15 is 0 Å². The van der Waals surface area contributed by atoms with E-state index in [1.54, 1.807) is 24.4 Å². The van der Waals surface area contributed by atoms with Crippen molar-refractivity contribution in [3.05, 3.63) is 54.2 Å². The van der Waals surface area contributed by atoms with Gasteiger partial charge in [-0.3, -0.25) is 4.79 Å². The molecule has 1 saturated heterocycles. The Morgan fingerprint density at radius 3 is 2.61 bits per heavy atom. The molecule has 1 saturated carbocycles. The molecule has 2 aliphatic rings. The third-order valence-corrected chi connectivity index (χ3v) is 7.67. The summed E-state index contributed by atoms with van der Waals surface area (Å²) in [5.74, 6) is 0.807. The van der Waals surface area contributed by atoms with Crippen molar-refractivity contribution in [3.63, 3.8) is 0 Å². The molecule has 1 aliphatic heterocycles. The Kier molecular flexibility index (Phi) is 6.25. The molecule has 2 atom stereocenters. The number of amides is 1. The molecular weight excluding hydrogens is 480 g/mol. The highest BCUT2D eigenvalue weighted by Crippen LogP contribution is 2.41. The first-order chi connectivity index (χ1) is 17.2. The van der Waals surface area contributed by atoms with Crippen LogP contribution in [0.4, 0.5) is 11.6 Å². The van der Waals surface area contributed by atoms with E-state index < -0.39 is 15.9 Å². The Labute approximate surface area is 210 Å². The fourth-order valence-electron chi connectivity index (χ4n) is 4.84. The van der Waals surface area contributed by atoms with Gasteiger partial charge in [-0.25, -0.2) is 19.7 Å². The summed E-state index contributed by atoms with van der Waals surface area (Å²) >= 11 is 0. The largest absolute Gasteiger partial charge is 0.475 e. The van der Waals surface area contributed by atoms with Crippen molar-refractivity contribution < 1.29 is 17.9 Å². The zero-order valence-electron chi connectivity index (χ0n) is 20.1. The van der Waals surface area contributed by atoms with Crippen LogP contribution in [0.5, 0.6) is 5.88 Å². The smallest absolute Gasteiger partial charge is 0.281 e. The predicted molar refractivity (Wildman–Crippen MR) is 135 cm³/mol. The number of nitrogens with two attached hydrogens (primary N) is 1. The number of rotatable bonds is 7. The van der Waals surface area contributed by atoms with Crippen molar-refractivity contribution in [2.45, 2.75) is 50.3 Å². The monoisotopic (exact) mass is 508 g/mol. The zero-order valence-corrected chi connectivity index (χ0v) is 20.9. The molecular formula is C25H28N6O4S. The predicted octanol–water partition coefficient (Wildman–Crippen LogP) is 3.02. The van der Waals surface area contributed by atoms with Crippen molar-refractivity contribution in [2.75, 3.05) is 17.2 Å². The first-order valence-corrected chi connectivity index (χ1v) is 13.4. The second kappa shape index (κ2) is 9.38. The number of ether oxygens (including phenoxy) is 1. The lowest BCUT2D eigenvalue weighted by Gasteiger charge is -2.30. The second-order valence-electron chi connectivity index (χ2n) is 9.44. The minimum absolute atomic E-state index is 0.00951. The van der Waals surface area contributed by atoms with Gasteiger partial charge in [0, 0.05) is 30.4 Å². The van der Waals surface area contributed by atoms with Crippen LogP contribution >= 0.6 is 0 Å². The number of hydrogen-bond donors (Lipinski definition) is 2. The van der Waals surface area contributed by atoms with Gasteiger partial charge in [0.05, 0.1) is 17.4 Å². The van der Waals surface area contributed by atoms with E-state index in [9.17, 15) is 13.2 Å². The van der Waals surface area contributed by atoms with Crippen LogP contribution in [-0.2, 0) is 10.0 Å². The van der Waals surface area contributed by atoms with Gasteiger partial charge in [0.2, 0.25) is 5.88 Å². The summed E-state index contributed by atoms with van der Waals surface area (Å²) in [5.41, 5.74) is 7.21. The zero-order chi connectivity index (χ0) is 25.4. The molecule has 2 unspecified atom stereocenters. The lowest BCUT2D eigenvalue weighted by molar-refractivity contribution is 0.0981. The van der Waals surface area contributed by atoms with Crippen LogP contribution in [0.1, 0.15) is 43.5 Å². The summed E-state index contributed by atoms with van der Waals surface area (Å²) in [5, 5.41) is -0.322. The minimum Gasteiger partial charge on any atom is -0.475 e. The van der Waals surface area contributed by atoms with E-state index in [0.29, 0.717) is 23.3 Å². The van der Waals surface area contributed by atoms with E-state index in [4.69, 9.17) is 15.5 Å². The second-order valence-corrected chi connectivity index (χ2v) is 11.1. The van der Waals surface area contributed by atoms with Crippen LogP contribution in [0, 0.1) is 5.92 Å². The first kappa shape index (κ1) is 24.0. The lowest BCUT2D eigenvalue weighted by atomic mass is 10.1. The number of nitrogen functional groups attached to an aromatic ring is 1. The van der Waals surface area contributed by atoms with Crippen LogP contribution in [0.3, 0.4) is 0 Å². The van der Waals surface area contributed by atoms with Crippen LogP contribution in [0.2, 0.25) is 0 Å². The number of pyridine rings is 3. The number of hydrogen-bond acceptors (Lipinski definition) is 9. The molecule has 1 aliphatic carbocycles. The highest BCUT2D eigenvalue weighted by atomic mass is 32.2. The number of nitrogens with zero attached hydrogens (tertiary/aromatic N) is 4. The quantitative estimate of drug-likeness (QED) is 0.493. The molecule has 4 heterocycles. The van der Waals surface area contributed by atoms with Gasteiger partial charge >= 0.3 is 0 Å². The summed E-state index contributed by atoms with van der Waals surface area (Å²) in [6.07, 6.45) is 4.90. The van der Waals surface area contributed by atoms with Crippen LogP contribution in [0.25, 0.3) is 11.3 Å². The number of aromatic nitrogens is 3. The summed E-state index contributed by atoms with van der Waals surface area (Å²) in [6, 6.07) is 11.4. The van der Waals surface area contributed by atoms with E-state index in [1.165, 1.54) is 18.2 Å². The molecule has 0 radical (unpaired) electrons. The van der Waals surface area contributed by atoms with Crippen molar-refractivity contribution in [3.8, 4) is 17.1 Å². The summed E-state index contributed by atoms with van der Waals surface area (Å²) in [4.78, 5) is 28.4. The molecule has 5 rings (SSSR count). The third kappa shape index (κ3) is 4.83. The summed E-state index contributed by atoms with van der Waals surface area (Å²) in [6.45, 7) is 4.64. The highest BCUT2D eigenvalue weighted by molar-refractivity contribution is 7.90. The number of sulfonamides is 1. The average Bonchev–Trinajstić information content (AvgIpc) is 3.47. The topological polar surface area (TPSA) is 140 Å². The van der Waals surface area contributed by atoms with Crippen LogP contribution < -0.4 is 20.1 Å². The Balaban J connectivity index is 1.48. The number of fused-ring (bicyclic) bond motifs is 2. The standard InChI is InChI=1S/C25H28N6O4S/c1-15(2)35-22-11-7-17(13-27-22)20-10-9-19(24(28-20)31-14-16-6-8-18(31)12-16)25(32)30-36(33,34)23-5-3-4-21(26)29-23/h3-5,7,9-11,13,15-16,18H,6,8,12,14H2,1-2H3,(H2,26,29)(H,30,32). The minimum atomic E-state index is -4.22. The Morgan fingerprint density at radius 2 is 1.97 bits per heavy atom. The average molecular weight is 509 g/mol. The SMILES string of the molecule is CC(C)Oc1ccc(-c2ccc(C(=O)NS(=O)(=O)c3cccc(N)n3)c(N3CC4CCC3C4)n2)cn1. The van der Waals surface area contributed by atoms with Gasteiger partial charge in [-0.2, -0.15) is 8.42 Å². The number of nitrogens with one attached hydrogen (secondary N) is 1. The van der Waals surface area contributed by atoms with Crippen LogP contribution in [0.15, 0.2) is 53.7 Å². The third-order valence-electron chi connectivity index (χ3n) is 6.44. The number of carbonyl (C=O) groups is 1. The fourth-order valence-corrected chi connectivity index (χ4v) is 5.78. The van der Waals surface area contributed by atoms with Crippen molar-refractivity contribution in [2.24, 2.45) is 5.92 Å². The van der Waals surface area contributed by atoms with Gasteiger partial charge in [0.25, 0.3) is 15.9 Å².